The van der Waals surface area contributed by atoms with Gasteiger partial charge >= 0.3 is 0 Å². The summed E-state index contributed by atoms with van der Waals surface area (Å²) in [5, 5.41) is 7.73. The van der Waals surface area contributed by atoms with Crippen LogP contribution in [0.5, 0.6) is 0 Å². The van der Waals surface area contributed by atoms with E-state index in [9.17, 15) is 9.18 Å². The Morgan fingerprint density at radius 2 is 2.04 bits per heavy atom. The fourth-order valence-corrected chi connectivity index (χ4v) is 3.97. The van der Waals surface area contributed by atoms with E-state index in [0.29, 0.717) is 32.2 Å². The third kappa shape index (κ3) is 3.02. The van der Waals surface area contributed by atoms with Crippen LogP contribution in [0.15, 0.2) is 53.0 Å². The zero-order chi connectivity index (χ0) is 18.3. The summed E-state index contributed by atoms with van der Waals surface area (Å²) in [5.41, 5.74) is 1.52. The Bertz CT molecular complexity index is 1140. The van der Waals surface area contributed by atoms with E-state index < -0.39 is 0 Å². The van der Waals surface area contributed by atoms with Gasteiger partial charge in [-0.05, 0) is 47.1 Å². The highest BCUT2D eigenvalue weighted by molar-refractivity contribution is 9.10. The largest absolute Gasteiger partial charge is 0.306 e. The zero-order valence-electron chi connectivity index (χ0n) is 13.5. The van der Waals surface area contributed by atoms with E-state index in [1.165, 1.54) is 22.1 Å². The maximum atomic E-state index is 13.9. The number of hydrogen-bond donors (Lipinski definition) is 1. The molecule has 0 fully saturated rings. The van der Waals surface area contributed by atoms with Crippen molar-refractivity contribution in [1.29, 1.82) is 0 Å². The molecule has 0 aliphatic heterocycles. The molecular weight excluding hydrogens is 419 g/mol. The number of fused-ring (bicyclic) bond motifs is 1. The number of anilines is 1. The van der Waals surface area contributed by atoms with Crippen LogP contribution in [0, 0.1) is 12.7 Å². The molecule has 0 saturated carbocycles. The minimum Gasteiger partial charge on any atom is -0.306 e. The zero-order valence-corrected chi connectivity index (χ0v) is 15.9. The maximum Gasteiger partial charge on any atom is 0.257 e. The number of para-hydroxylation sites is 1. The Morgan fingerprint density at radius 3 is 2.81 bits per heavy atom. The lowest BCUT2D eigenvalue weighted by molar-refractivity contribution is 0.102. The molecule has 4 aromatic rings. The molecule has 0 atom stereocenters. The van der Waals surface area contributed by atoms with E-state index in [4.69, 9.17) is 0 Å². The van der Waals surface area contributed by atoms with Crippen molar-refractivity contribution in [2.24, 2.45) is 0 Å². The normalized spacial score (nSPS) is 11.0. The van der Waals surface area contributed by atoms with Crippen LogP contribution < -0.4 is 5.32 Å². The number of aromatic nitrogens is 3. The number of carbonyl (C=O) groups is 1. The van der Waals surface area contributed by atoms with Gasteiger partial charge in [0.2, 0.25) is 5.13 Å². The molecule has 1 amide bonds. The standard InChI is InChI=1S/C18H12BrFN4OS/c1-10-9-15(21-17(25)11-5-2-3-6-12(11)19)24(23-10)18-22-16-13(20)7-4-8-14(16)26-18/h2-9H,1H3,(H,21,25). The number of aryl methyl sites for hydroxylation is 1. The van der Waals surface area contributed by atoms with Crippen molar-refractivity contribution in [3.63, 3.8) is 0 Å². The van der Waals surface area contributed by atoms with Gasteiger partial charge in [0.05, 0.1) is 16.0 Å². The van der Waals surface area contributed by atoms with Crippen molar-refractivity contribution < 1.29 is 9.18 Å². The van der Waals surface area contributed by atoms with Crippen molar-refractivity contribution in [2.75, 3.05) is 5.32 Å². The second-order valence-electron chi connectivity index (χ2n) is 5.60. The van der Waals surface area contributed by atoms with Gasteiger partial charge in [0.25, 0.3) is 5.91 Å². The second-order valence-corrected chi connectivity index (χ2v) is 7.46. The van der Waals surface area contributed by atoms with E-state index in [1.807, 2.05) is 13.0 Å². The van der Waals surface area contributed by atoms with Gasteiger partial charge in [0.1, 0.15) is 17.2 Å². The van der Waals surface area contributed by atoms with E-state index >= 15 is 0 Å². The van der Waals surface area contributed by atoms with Crippen molar-refractivity contribution in [2.45, 2.75) is 6.92 Å². The highest BCUT2D eigenvalue weighted by Crippen LogP contribution is 2.29. The Hall–Kier alpha value is -2.58. The molecule has 2 aromatic carbocycles. The average Bonchev–Trinajstić information content (AvgIpc) is 3.19. The van der Waals surface area contributed by atoms with Crippen molar-refractivity contribution >= 4 is 49.2 Å². The van der Waals surface area contributed by atoms with E-state index in [0.717, 1.165) is 4.70 Å². The summed E-state index contributed by atoms with van der Waals surface area (Å²) in [4.78, 5) is 16.9. The van der Waals surface area contributed by atoms with Crippen LogP contribution in [-0.2, 0) is 0 Å². The maximum absolute atomic E-state index is 13.9. The van der Waals surface area contributed by atoms with Gasteiger partial charge in [-0.3, -0.25) is 4.79 Å². The van der Waals surface area contributed by atoms with E-state index in [-0.39, 0.29) is 11.7 Å². The molecule has 0 spiro atoms. The van der Waals surface area contributed by atoms with Gasteiger partial charge in [0, 0.05) is 10.5 Å². The molecule has 26 heavy (non-hydrogen) atoms. The number of amides is 1. The number of thiazole rings is 1. The SMILES string of the molecule is Cc1cc(NC(=O)c2ccccc2Br)n(-c2nc3c(F)cccc3s2)n1. The van der Waals surface area contributed by atoms with Crippen LogP contribution in [0.4, 0.5) is 10.2 Å². The van der Waals surface area contributed by atoms with Crippen LogP contribution in [0.1, 0.15) is 16.1 Å². The molecule has 5 nitrogen and oxygen atoms in total. The number of halogens is 2. The van der Waals surface area contributed by atoms with E-state index in [1.54, 1.807) is 36.4 Å². The van der Waals surface area contributed by atoms with Crippen molar-refractivity contribution in [3.05, 3.63) is 70.1 Å². The van der Waals surface area contributed by atoms with Gasteiger partial charge in [0.15, 0.2) is 0 Å². The number of hydrogen-bond acceptors (Lipinski definition) is 4. The third-order valence-electron chi connectivity index (χ3n) is 3.73. The average molecular weight is 431 g/mol. The molecule has 130 valence electrons. The summed E-state index contributed by atoms with van der Waals surface area (Å²) in [6, 6.07) is 13.7. The first-order chi connectivity index (χ1) is 12.5. The van der Waals surface area contributed by atoms with Crippen LogP contribution in [0.25, 0.3) is 15.3 Å². The highest BCUT2D eigenvalue weighted by Gasteiger charge is 2.17. The molecule has 4 rings (SSSR count). The highest BCUT2D eigenvalue weighted by atomic mass is 79.9. The van der Waals surface area contributed by atoms with Crippen LogP contribution >= 0.6 is 27.3 Å². The molecule has 1 N–H and O–H groups in total. The first-order valence-electron chi connectivity index (χ1n) is 7.71. The predicted molar refractivity (Wildman–Crippen MR) is 104 cm³/mol. The number of carbonyl (C=O) groups excluding carboxylic acids is 1. The lowest BCUT2D eigenvalue weighted by atomic mass is 10.2. The Labute approximate surface area is 160 Å². The smallest absolute Gasteiger partial charge is 0.257 e. The first kappa shape index (κ1) is 16.9. The molecule has 0 aliphatic carbocycles. The van der Waals surface area contributed by atoms with Gasteiger partial charge in [-0.2, -0.15) is 9.78 Å². The van der Waals surface area contributed by atoms with Crippen molar-refractivity contribution in [1.82, 2.24) is 14.8 Å². The van der Waals surface area contributed by atoms with Gasteiger partial charge in [-0.25, -0.2) is 9.37 Å². The van der Waals surface area contributed by atoms with Crippen LogP contribution in [0.2, 0.25) is 0 Å². The molecule has 0 bridgehead atoms. The molecular formula is C18H12BrFN4OS. The third-order valence-corrected chi connectivity index (χ3v) is 5.42. The van der Waals surface area contributed by atoms with Gasteiger partial charge < -0.3 is 5.32 Å². The predicted octanol–water partition coefficient (Wildman–Crippen LogP) is 4.94. The van der Waals surface area contributed by atoms with Crippen LogP contribution in [-0.4, -0.2) is 20.7 Å². The van der Waals surface area contributed by atoms with Crippen LogP contribution in [0.3, 0.4) is 0 Å². The van der Waals surface area contributed by atoms with Crippen molar-refractivity contribution in [3.8, 4) is 5.13 Å². The van der Waals surface area contributed by atoms with Gasteiger partial charge in [-0.15, -0.1) is 0 Å². The molecule has 2 aromatic heterocycles. The molecule has 0 unspecified atom stereocenters. The lowest BCUT2D eigenvalue weighted by Crippen LogP contribution is -2.15. The van der Waals surface area contributed by atoms with Gasteiger partial charge in [-0.1, -0.05) is 29.5 Å². The molecule has 8 heteroatoms. The van der Waals surface area contributed by atoms with E-state index in [2.05, 4.69) is 31.3 Å². The molecule has 0 radical (unpaired) electrons. The number of nitrogens with zero attached hydrogens (tertiary/aromatic N) is 3. The summed E-state index contributed by atoms with van der Waals surface area (Å²) in [7, 11) is 0. The second kappa shape index (κ2) is 6.62. The number of nitrogens with one attached hydrogen (secondary N) is 1. The molecule has 2 heterocycles. The topological polar surface area (TPSA) is 59.8 Å². The quantitative estimate of drug-likeness (QED) is 0.500. The molecule has 0 aliphatic rings. The minimum absolute atomic E-state index is 0.272. The number of benzene rings is 2. The Balaban J connectivity index is 1.74. The number of rotatable bonds is 3. The monoisotopic (exact) mass is 430 g/mol. The lowest BCUT2D eigenvalue weighted by Gasteiger charge is -2.07. The fraction of sp³-hybridized carbons (Fsp3) is 0.0556. The first-order valence-corrected chi connectivity index (χ1v) is 9.32. The summed E-state index contributed by atoms with van der Waals surface area (Å²) >= 11 is 4.68. The molecule has 0 saturated heterocycles. The summed E-state index contributed by atoms with van der Waals surface area (Å²) < 4.78 is 16.9. The fourth-order valence-electron chi connectivity index (χ4n) is 2.56. The minimum atomic E-state index is -0.382. The summed E-state index contributed by atoms with van der Waals surface area (Å²) in [6.07, 6.45) is 0. The Morgan fingerprint density at radius 1 is 1.23 bits per heavy atom. The summed E-state index contributed by atoms with van der Waals surface area (Å²) in [6.45, 7) is 1.82. The summed E-state index contributed by atoms with van der Waals surface area (Å²) in [5.74, 6) is -0.179. The Kier molecular flexibility index (Phi) is 4.29.